The van der Waals surface area contributed by atoms with Crippen LogP contribution in [0.4, 0.5) is 0 Å². The van der Waals surface area contributed by atoms with Crippen molar-refractivity contribution in [2.24, 2.45) is 17.1 Å². The number of hydrogen-bond donors (Lipinski definition) is 2. The zero-order valence-corrected chi connectivity index (χ0v) is 8.60. The van der Waals surface area contributed by atoms with Crippen LogP contribution in [0.15, 0.2) is 0 Å². The second-order valence-electron chi connectivity index (χ2n) is 4.42. The van der Waals surface area contributed by atoms with Gasteiger partial charge in [-0.3, -0.25) is 4.79 Å². The molecule has 0 aliphatic heterocycles. The molecule has 0 saturated heterocycles. The van der Waals surface area contributed by atoms with E-state index >= 15 is 0 Å². The Hall–Kier alpha value is -0.570. The molecular weight excluding hydrogens is 164 g/mol. The number of rotatable bonds is 5. The van der Waals surface area contributed by atoms with Crippen molar-refractivity contribution in [3.63, 3.8) is 0 Å². The molecule has 0 heterocycles. The van der Waals surface area contributed by atoms with Gasteiger partial charge in [0.1, 0.15) is 0 Å². The number of hydrogen-bond acceptors (Lipinski definition) is 2. The van der Waals surface area contributed by atoms with E-state index in [1.807, 2.05) is 0 Å². The Bertz CT molecular complexity index is 185. The Morgan fingerprint density at radius 3 is 2.54 bits per heavy atom. The lowest BCUT2D eigenvalue weighted by Crippen LogP contribution is -2.37. The number of nitrogens with one attached hydrogen (secondary N) is 1. The van der Waals surface area contributed by atoms with Crippen LogP contribution in [0.2, 0.25) is 0 Å². The summed E-state index contributed by atoms with van der Waals surface area (Å²) >= 11 is 0. The van der Waals surface area contributed by atoms with E-state index in [4.69, 9.17) is 5.73 Å². The molecule has 0 aromatic heterocycles. The number of nitrogens with two attached hydrogens (primary N) is 1. The van der Waals surface area contributed by atoms with Crippen molar-refractivity contribution in [3.05, 3.63) is 0 Å². The highest BCUT2D eigenvalue weighted by atomic mass is 16.2. The van der Waals surface area contributed by atoms with Gasteiger partial charge in [0.25, 0.3) is 0 Å². The first-order valence-electron chi connectivity index (χ1n) is 5.09. The zero-order valence-electron chi connectivity index (χ0n) is 8.60. The maximum atomic E-state index is 11.5. The molecule has 13 heavy (non-hydrogen) atoms. The van der Waals surface area contributed by atoms with Gasteiger partial charge in [0.2, 0.25) is 5.91 Å². The predicted molar refractivity (Wildman–Crippen MR) is 53.2 cm³/mol. The molecule has 1 amide bonds. The van der Waals surface area contributed by atoms with Crippen molar-refractivity contribution in [2.75, 3.05) is 13.1 Å². The SMILES string of the molecule is CC(C)CCNC(=O)C1(CN)CC1. The lowest BCUT2D eigenvalue weighted by molar-refractivity contribution is -0.126. The first-order chi connectivity index (χ1) is 6.10. The zero-order chi connectivity index (χ0) is 9.90. The summed E-state index contributed by atoms with van der Waals surface area (Å²) in [6, 6.07) is 0. The minimum absolute atomic E-state index is 0.163. The normalized spacial score (nSPS) is 18.8. The summed E-state index contributed by atoms with van der Waals surface area (Å²) in [6.07, 6.45) is 2.99. The van der Waals surface area contributed by atoms with Gasteiger partial charge < -0.3 is 11.1 Å². The van der Waals surface area contributed by atoms with E-state index < -0.39 is 0 Å². The number of carbonyl (C=O) groups excluding carboxylic acids is 1. The Morgan fingerprint density at radius 2 is 2.15 bits per heavy atom. The molecule has 1 fully saturated rings. The molecule has 0 aromatic rings. The van der Waals surface area contributed by atoms with E-state index in [0.717, 1.165) is 25.8 Å². The fraction of sp³-hybridized carbons (Fsp3) is 0.900. The first kappa shape index (κ1) is 10.5. The topological polar surface area (TPSA) is 55.1 Å². The summed E-state index contributed by atoms with van der Waals surface area (Å²) in [5, 5.41) is 2.95. The summed E-state index contributed by atoms with van der Waals surface area (Å²) in [6.45, 7) is 5.60. The fourth-order valence-electron chi connectivity index (χ4n) is 1.34. The van der Waals surface area contributed by atoms with Crippen LogP contribution in [0, 0.1) is 11.3 Å². The van der Waals surface area contributed by atoms with Crippen LogP contribution in [0.5, 0.6) is 0 Å². The average molecular weight is 184 g/mol. The smallest absolute Gasteiger partial charge is 0.227 e. The molecule has 0 atom stereocenters. The van der Waals surface area contributed by atoms with E-state index in [1.54, 1.807) is 0 Å². The van der Waals surface area contributed by atoms with E-state index in [-0.39, 0.29) is 11.3 Å². The molecule has 1 rings (SSSR count). The Labute approximate surface area is 80.1 Å². The van der Waals surface area contributed by atoms with E-state index in [1.165, 1.54) is 0 Å². The highest BCUT2D eigenvalue weighted by molar-refractivity contribution is 5.85. The molecule has 3 N–H and O–H groups in total. The van der Waals surface area contributed by atoms with Gasteiger partial charge in [-0.05, 0) is 25.2 Å². The van der Waals surface area contributed by atoms with Crippen molar-refractivity contribution in [3.8, 4) is 0 Å². The van der Waals surface area contributed by atoms with Crippen LogP contribution in [-0.4, -0.2) is 19.0 Å². The quantitative estimate of drug-likeness (QED) is 0.666. The highest BCUT2D eigenvalue weighted by Gasteiger charge is 2.48. The number of carbonyl (C=O) groups is 1. The molecule has 3 nitrogen and oxygen atoms in total. The van der Waals surface area contributed by atoms with Gasteiger partial charge >= 0.3 is 0 Å². The second kappa shape index (κ2) is 4.09. The maximum absolute atomic E-state index is 11.5. The molecule has 0 radical (unpaired) electrons. The third-order valence-corrected chi connectivity index (χ3v) is 2.73. The second-order valence-corrected chi connectivity index (χ2v) is 4.42. The van der Waals surface area contributed by atoms with Crippen molar-refractivity contribution in [2.45, 2.75) is 33.1 Å². The van der Waals surface area contributed by atoms with Gasteiger partial charge in [-0.15, -0.1) is 0 Å². The van der Waals surface area contributed by atoms with Crippen LogP contribution in [-0.2, 0) is 4.79 Å². The van der Waals surface area contributed by atoms with Gasteiger partial charge in [-0.2, -0.15) is 0 Å². The molecule has 0 bridgehead atoms. The molecule has 0 spiro atoms. The fourth-order valence-corrected chi connectivity index (χ4v) is 1.34. The van der Waals surface area contributed by atoms with Crippen molar-refractivity contribution >= 4 is 5.91 Å². The van der Waals surface area contributed by atoms with Crippen molar-refractivity contribution in [1.82, 2.24) is 5.32 Å². The highest BCUT2D eigenvalue weighted by Crippen LogP contribution is 2.44. The standard InChI is InChI=1S/C10H20N2O/c1-8(2)3-6-12-9(13)10(7-11)4-5-10/h8H,3-7,11H2,1-2H3,(H,12,13). The summed E-state index contributed by atoms with van der Waals surface area (Å²) < 4.78 is 0. The van der Waals surface area contributed by atoms with Crippen LogP contribution in [0.1, 0.15) is 33.1 Å². The van der Waals surface area contributed by atoms with Gasteiger partial charge in [0.05, 0.1) is 5.41 Å². The summed E-state index contributed by atoms with van der Waals surface area (Å²) in [5.41, 5.74) is 5.36. The molecule has 0 aromatic carbocycles. The van der Waals surface area contributed by atoms with Crippen LogP contribution >= 0.6 is 0 Å². The Kier molecular flexibility index (Phi) is 3.31. The maximum Gasteiger partial charge on any atom is 0.227 e. The van der Waals surface area contributed by atoms with Crippen LogP contribution < -0.4 is 11.1 Å². The predicted octanol–water partition coefficient (Wildman–Crippen LogP) is 0.888. The molecule has 1 aliphatic rings. The average Bonchev–Trinajstić information content (AvgIpc) is 2.83. The van der Waals surface area contributed by atoms with Gasteiger partial charge in [-0.1, -0.05) is 13.8 Å². The van der Waals surface area contributed by atoms with Crippen molar-refractivity contribution < 1.29 is 4.79 Å². The van der Waals surface area contributed by atoms with E-state index in [2.05, 4.69) is 19.2 Å². The Balaban J connectivity index is 2.18. The summed E-state index contributed by atoms with van der Waals surface area (Å²) in [5.74, 6) is 0.809. The number of amides is 1. The van der Waals surface area contributed by atoms with Gasteiger partial charge in [-0.25, -0.2) is 0 Å². The molecule has 3 heteroatoms. The molecule has 76 valence electrons. The minimum atomic E-state index is -0.184. The van der Waals surface area contributed by atoms with E-state index in [0.29, 0.717) is 12.5 Å². The minimum Gasteiger partial charge on any atom is -0.356 e. The van der Waals surface area contributed by atoms with Crippen molar-refractivity contribution in [1.29, 1.82) is 0 Å². The largest absolute Gasteiger partial charge is 0.356 e. The first-order valence-corrected chi connectivity index (χ1v) is 5.09. The third kappa shape index (κ3) is 2.69. The van der Waals surface area contributed by atoms with E-state index in [9.17, 15) is 4.79 Å². The molecular formula is C10H20N2O. The lowest BCUT2D eigenvalue weighted by Gasteiger charge is -2.13. The summed E-state index contributed by atoms with van der Waals surface area (Å²) in [7, 11) is 0. The van der Waals surface area contributed by atoms with Crippen LogP contribution in [0.25, 0.3) is 0 Å². The molecule has 0 unspecified atom stereocenters. The summed E-state index contributed by atoms with van der Waals surface area (Å²) in [4.78, 5) is 11.5. The lowest BCUT2D eigenvalue weighted by atomic mass is 10.1. The Morgan fingerprint density at radius 1 is 1.54 bits per heavy atom. The third-order valence-electron chi connectivity index (χ3n) is 2.73. The molecule has 1 aliphatic carbocycles. The molecule has 1 saturated carbocycles. The van der Waals surface area contributed by atoms with Crippen LogP contribution in [0.3, 0.4) is 0 Å². The van der Waals surface area contributed by atoms with Gasteiger partial charge in [0.15, 0.2) is 0 Å². The van der Waals surface area contributed by atoms with Gasteiger partial charge in [0, 0.05) is 13.1 Å². The monoisotopic (exact) mass is 184 g/mol.